The number of rotatable bonds is 5. The van der Waals surface area contributed by atoms with Crippen LogP contribution in [-0.2, 0) is 14.3 Å². The molecule has 0 fully saturated rings. The fourth-order valence-electron chi connectivity index (χ4n) is 3.89. The summed E-state index contributed by atoms with van der Waals surface area (Å²) in [5.74, 6) is -1.72. The first kappa shape index (κ1) is 20.4. The van der Waals surface area contributed by atoms with Crippen LogP contribution in [0.25, 0.3) is 0 Å². The molecular weight excluding hydrogens is 382 g/mol. The normalized spacial score (nSPS) is 21.9. The van der Waals surface area contributed by atoms with E-state index in [2.05, 4.69) is 4.99 Å². The van der Waals surface area contributed by atoms with E-state index in [4.69, 9.17) is 21.1 Å². The summed E-state index contributed by atoms with van der Waals surface area (Å²) in [6.07, 6.45) is 2.55. The molecule has 0 radical (unpaired) electrons. The van der Waals surface area contributed by atoms with Crippen molar-refractivity contribution in [2.24, 2.45) is 10.9 Å². The molecule has 1 aliphatic carbocycles. The molecule has 150 valence electrons. The number of ketones is 1. The van der Waals surface area contributed by atoms with Crippen LogP contribution in [0.1, 0.15) is 51.0 Å². The summed E-state index contributed by atoms with van der Waals surface area (Å²) in [5, 5.41) is 10.2. The number of hydrogen-bond donors (Lipinski definition) is 1. The maximum absolute atomic E-state index is 12.9. The Morgan fingerprint density at radius 1 is 1.36 bits per heavy atom. The number of nitrogens with zero attached hydrogens (tertiary/aromatic N) is 1. The molecule has 1 heterocycles. The highest BCUT2D eigenvalue weighted by Gasteiger charge is 2.43. The number of hydrogen-bond acceptors (Lipinski definition) is 6. The van der Waals surface area contributed by atoms with Crippen LogP contribution in [0.4, 0.5) is 0 Å². The fourth-order valence-corrected chi connectivity index (χ4v) is 4.11. The van der Waals surface area contributed by atoms with Crippen molar-refractivity contribution in [3.8, 4) is 11.5 Å². The fraction of sp³-hybridized carbons (Fsp3) is 0.476. The number of carbonyl (C=O) groups excluding carboxylic acids is 2. The first-order valence-corrected chi connectivity index (χ1v) is 9.81. The second-order valence-electron chi connectivity index (χ2n) is 7.07. The first-order chi connectivity index (χ1) is 13.4. The number of Topliss-reactive ketones (excluding diaryl/α,β-unsaturated/α-hetero) is 1. The number of phenols is 1. The van der Waals surface area contributed by atoms with Crippen LogP contribution < -0.4 is 4.74 Å². The van der Waals surface area contributed by atoms with Gasteiger partial charge in [-0.3, -0.25) is 14.6 Å². The van der Waals surface area contributed by atoms with Gasteiger partial charge in [-0.2, -0.15) is 0 Å². The molecule has 3 rings (SSSR count). The van der Waals surface area contributed by atoms with Crippen molar-refractivity contribution in [3.63, 3.8) is 0 Å². The van der Waals surface area contributed by atoms with Crippen molar-refractivity contribution < 1.29 is 24.2 Å². The molecule has 0 saturated carbocycles. The molecule has 0 saturated heterocycles. The van der Waals surface area contributed by atoms with E-state index in [0.29, 0.717) is 42.7 Å². The molecule has 1 N–H and O–H groups in total. The van der Waals surface area contributed by atoms with E-state index in [9.17, 15) is 14.7 Å². The lowest BCUT2D eigenvalue weighted by Crippen LogP contribution is -2.37. The minimum atomic E-state index is -0.724. The smallest absolute Gasteiger partial charge is 0.315 e. The second-order valence-corrected chi connectivity index (χ2v) is 7.47. The monoisotopic (exact) mass is 405 g/mol. The third kappa shape index (κ3) is 3.65. The number of carbonyl (C=O) groups is 2. The average Bonchev–Trinajstić information content (AvgIpc) is 2.67. The van der Waals surface area contributed by atoms with Crippen molar-refractivity contribution in [2.75, 3.05) is 13.7 Å². The summed E-state index contributed by atoms with van der Waals surface area (Å²) in [5.41, 5.74) is 2.50. The van der Waals surface area contributed by atoms with Gasteiger partial charge in [-0.1, -0.05) is 18.5 Å². The average molecular weight is 406 g/mol. The quantitative estimate of drug-likeness (QED) is 0.742. The molecule has 0 spiro atoms. The highest BCUT2D eigenvalue weighted by molar-refractivity contribution is 6.32. The van der Waals surface area contributed by atoms with Crippen LogP contribution in [0.3, 0.4) is 0 Å². The number of esters is 1. The second kappa shape index (κ2) is 8.35. The van der Waals surface area contributed by atoms with Gasteiger partial charge in [0.25, 0.3) is 0 Å². The van der Waals surface area contributed by atoms with Crippen LogP contribution in [-0.4, -0.2) is 36.3 Å². The van der Waals surface area contributed by atoms with E-state index in [1.165, 1.54) is 7.11 Å². The van der Waals surface area contributed by atoms with E-state index in [1.54, 1.807) is 19.1 Å². The maximum atomic E-state index is 12.9. The number of benzene rings is 1. The van der Waals surface area contributed by atoms with Gasteiger partial charge in [0.2, 0.25) is 0 Å². The van der Waals surface area contributed by atoms with Crippen molar-refractivity contribution in [1.82, 2.24) is 0 Å². The van der Waals surface area contributed by atoms with Crippen molar-refractivity contribution >= 4 is 29.1 Å². The highest BCUT2D eigenvalue weighted by atomic mass is 35.5. The number of allylic oxidation sites excluding steroid dienone is 2. The van der Waals surface area contributed by atoms with E-state index in [0.717, 1.165) is 12.1 Å². The standard InChI is InChI=1S/C21H24ClNO5/c1-4-8-28-21(26)17-11(2)23-14-6-5-7-15(24)19(14)18(17)12-9-13(22)20(25)16(10-12)27-3/h9-10,17-18,25H,4-8H2,1-3H3/t17?,18-/m0/s1. The van der Waals surface area contributed by atoms with E-state index in [1.807, 2.05) is 6.92 Å². The number of ether oxygens (including phenoxy) is 2. The van der Waals surface area contributed by atoms with Gasteiger partial charge in [0, 0.05) is 29.3 Å². The summed E-state index contributed by atoms with van der Waals surface area (Å²) in [6.45, 7) is 4.00. The number of methoxy groups -OCH3 is 1. The molecule has 2 atom stereocenters. The zero-order chi connectivity index (χ0) is 20.4. The van der Waals surface area contributed by atoms with Crippen molar-refractivity contribution in [3.05, 3.63) is 34.0 Å². The molecule has 6 nitrogen and oxygen atoms in total. The topological polar surface area (TPSA) is 85.2 Å². The largest absolute Gasteiger partial charge is 0.503 e. The Labute approximate surface area is 169 Å². The van der Waals surface area contributed by atoms with E-state index < -0.39 is 17.8 Å². The SMILES string of the molecule is CCCOC(=O)C1C(C)=NC2=C(C(=O)CCC2)[C@H]1c1cc(Cl)c(O)c(OC)c1. The van der Waals surface area contributed by atoms with Crippen molar-refractivity contribution in [2.45, 2.75) is 45.4 Å². The molecule has 1 unspecified atom stereocenters. The Balaban J connectivity index is 2.17. The van der Waals surface area contributed by atoms with Gasteiger partial charge < -0.3 is 14.6 Å². The number of aromatic hydroxyl groups is 1. The molecule has 2 aliphatic rings. The number of halogens is 1. The molecule has 1 aliphatic heterocycles. The van der Waals surface area contributed by atoms with Gasteiger partial charge >= 0.3 is 5.97 Å². The molecule has 0 bridgehead atoms. The lowest BCUT2D eigenvalue weighted by Gasteiger charge is -2.34. The van der Waals surface area contributed by atoms with Gasteiger partial charge in [-0.05, 0) is 43.9 Å². The Hall–Kier alpha value is -2.34. The van der Waals surface area contributed by atoms with E-state index >= 15 is 0 Å². The number of aliphatic imine (C=N–C) groups is 1. The van der Waals surface area contributed by atoms with Crippen LogP contribution in [0.5, 0.6) is 11.5 Å². The minimum absolute atomic E-state index is 0.0149. The minimum Gasteiger partial charge on any atom is -0.503 e. The Bertz CT molecular complexity index is 874. The zero-order valence-electron chi connectivity index (χ0n) is 16.3. The predicted octanol–water partition coefficient (Wildman–Crippen LogP) is 4.19. The molecule has 28 heavy (non-hydrogen) atoms. The lowest BCUT2D eigenvalue weighted by molar-refractivity contribution is -0.146. The third-order valence-electron chi connectivity index (χ3n) is 5.17. The van der Waals surface area contributed by atoms with Crippen LogP contribution >= 0.6 is 11.6 Å². The van der Waals surface area contributed by atoms with Crippen LogP contribution in [0.15, 0.2) is 28.4 Å². The molecule has 1 aromatic carbocycles. The summed E-state index contributed by atoms with van der Waals surface area (Å²) < 4.78 is 10.6. The van der Waals surface area contributed by atoms with Crippen LogP contribution in [0.2, 0.25) is 5.02 Å². The molecule has 7 heteroatoms. The summed E-state index contributed by atoms with van der Waals surface area (Å²) >= 11 is 6.20. The van der Waals surface area contributed by atoms with Crippen LogP contribution in [0, 0.1) is 5.92 Å². The van der Waals surface area contributed by atoms with Crippen molar-refractivity contribution in [1.29, 1.82) is 0 Å². The summed E-state index contributed by atoms with van der Waals surface area (Å²) in [6, 6.07) is 3.20. The maximum Gasteiger partial charge on any atom is 0.315 e. The van der Waals surface area contributed by atoms with Gasteiger partial charge in [0.15, 0.2) is 17.3 Å². The van der Waals surface area contributed by atoms with Gasteiger partial charge in [-0.15, -0.1) is 0 Å². The molecule has 1 aromatic rings. The molecule has 0 aromatic heterocycles. The summed E-state index contributed by atoms with van der Waals surface area (Å²) in [7, 11) is 1.42. The Kier molecular flexibility index (Phi) is 6.08. The number of phenolic OH excluding ortho intramolecular Hbond substituents is 1. The van der Waals surface area contributed by atoms with Gasteiger partial charge in [-0.25, -0.2) is 0 Å². The third-order valence-corrected chi connectivity index (χ3v) is 5.45. The first-order valence-electron chi connectivity index (χ1n) is 9.43. The Morgan fingerprint density at radius 2 is 2.11 bits per heavy atom. The zero-order valence-corrected chi connectivity index (χ0v) is 17.0. The van der Waals surface area contributed by atoms with Gasteiger partial charge in [0.05, 0.1) is 18.7 Å². The Morgan fingerprint density at radius 3 is 2.79 bits per heavy atom. The predicted molar refractivity (Wildman–Crippen MR) is 106 cm³/mol. The lowest BCUT2D eigenvalue weighted by atomic mass is 9.71. The summed E-state index contributed by atoms with van der Waals surface area (Å²) in [4.78, 5) is 30.3. The molecule has 0 amide bonds. The van der Waals surface area contributed by atoms with Gasteiger partial charge in [0.1, 0.15) is 5.92 Å². The molecular formula is C21H24ClNO5. The highest BCUT2D eigenvalue weighted by Crippen LogP contribution is 2.46. The van der Waals surface area contributed by atoms with E-state index in [-0.39, 0.29) is 22.3 Å².